The Balaban J connectivity index is 1.57. The lowest BCUT2D eigenvalue weighted by molar-refractivity contribution is -0.0949. The van der Waals surface area contributed by atoms with Crippen LogP contribution in [0.4, 0.5) is 0 Å². The number of nitrogens with zero attached hydrogens (tertiary/aromatic N) is 5. The summed E-state index contributed by atoms with van der Waals surface area (Å²) < 4.78 is 23.5. The Labute approximate surface area is 145 Å². The van der Waals surface area contributed by atoms with Gasteiger partial charge in [-0.25, -0.2) is 14.3 Å². The minimum atomic E-state index is -0.00623. The molecule has 2 aromatic heterocycles. The maximum atomic E-state index is 5.77. The van der Waals surface area contributed by atoms with Gasteiger partial charge in [0.1, 0.15) is 23.3 Å². The van der Waals surface area contributed by atoms with E-state index in [1.54, 1.807) is 0 Å². The van der Waals surface area contributed by atoms with Crippen LogP contribution in [-0.4, -0.2) is 64.2 Å². The summed E-state index contributed by atoms with van der Waals surface area (Å²) >= 11 is 0. The Morgan fingerprint density at radius 2 is 1.96 bits per heavy atom. The lowest BCUT2D eigenvalue weighted by Gasteiger charge is -2.23. The average molecular weight is 349 g/mol. The summed E-state index contributed by atoms with van der Waals surface area (Å²) in [5.74, 6) is 2.08. The van der Waals surface area contributed by atoms with Crippen LogP contribution in [0.5, 0.6) is 0 Å². The van der Waals surface area contributed by atoms with Crippen molar-refractivity contribution in [3.8, 4) is 0 Å². The minimum absolute atomic E-state index is 0.00623. The summed E-state index contributed by atoms with van der Waals surface area (Å²) in [5, 5.41) is 12.6. The van der Waals surface area contributed by atoms with Crippen LogP contribution in [0.25, 0.3) is 0 Å². The van der Waals surface area contributed by atoms with Crippen molar-refractivity contribution in [1.29, 1.82) is 0 Å². The van der Waals surface area contributed by atoms with E-state index >= 15 is 0 Å². The second kappa shape index (κ2) is 7.59. The summed E-state index contributed by atoms with van der Waals surface area (Å²) in [6, 6.07) is 0. The molecule has 2 aliphatic heterocycles. The minimum Gasteiger partial charge on any atom is -0.381 e. The molecule has 0 unspecified atom stereocenters. The highest BCUT2D eigenvalue weighted by molar-refractivity contribution is 5.13. The molecule has 0 amide bonds. The van der Waals surface area contributed by atoms with E-state index in [4.69, 9.17) is 28.9 Å². The van der Waals surface area contributed by atoms with Crippen LogP contribution >= 0.6 is 0 Å². The Morgan fingerprint density at radius 1 is 1.08 bits per heavy atom. The maximum Gasteiger partial charge on any atom is 0.154 e. The van der Waals surface area contributed by atoms with Gasteiger partial charge in [-0.15, -0.1) is 0 Å². The van der Waals surface area contributed by atoms with Gasteiger partial charge in [0, 0.05) is 19.1 Å². The zero-order chi connectivity index (χ0) is 17.1. The van der Waals surface area contributed by atoms with Crippen molar-refractivity contribution >= 4 is 0 Å². The molecule has 2 saturated heterocycles. The largest absolute Gasteiger partial charge is 0.381 e. The van der Waals surface area contributed by atoms with Crippen LogP contribution < -0.4 is 0 Å². The van der Waals surface area contributed by atoms with Crippen LogP contribution in [-0.2, 0) is 27.2 Å². The molecule has 0 saturated carbocycles. The predicted molar refractivity (Wildman–Crippen MR) is 85.2 cm³/mol. The lowest BCUT2D eigenvalue weighted by Crippen LogP contribution is -2.33. The molecule has 25 heavy (non-hydrogen) atoms. The molecular formula is C16H23N5O4. The fourth-order valence-electron chi connectivity index (χ4n) is 3.19. The monoisotopic (exact) mass is 349 g/mol. The van der Waals surface area contributed by atoms with E-state index in [9.17, 15) is 0 Å². The Kier molecular flexibility index (Phi) is 5.04. The van der Waals surface area contributed by atoms with E-state index in [0.717, 1.165) is 49.1 Å². The van der Waals surface area contributed by atoms with E-state index in [1.165, 1.54) is 0 Å². The Morgan fingerprint density at radius 3 is 2.68 bits per heavy atom. The third kappa shape index (κ3) is 3.88. The van der Waals surface area contributed by atoms with E-state index in [0.29, 0.717) is 38.7 Å². The molecule has 2 aliphatic rings. The second-order valence-electron chi connectivity index (χ2n) is 6.50. The molecular weight excluding hydrogens is 326 g/mol. The van der Waals surface area contributed by atoms with Crippen LogP contribution in [0.1, 0.15) is 41.8 Å². The molecule has 2 fully saturated rings. The first-order chi connectivity index (χ1) is 12.3. The van der Waals surface area contributed by atoms with Gasteiger partial charge in [-0.1, -0.05) is 10.3 Å². The van der Waals surface area contributed by atoms with Crippen LogP contribution in [0, 0.1) is 6.92 Å². The summed E-state index contributed by atoms with van der Waals surface area (Å²) in [4.78, 5) is 4.81. The van der Waals surface area contributed by atoms with Gasteiger partial charge in [0.25, 0.3) is 0 Å². The first-order valence-electron chi connectivity index (χ1n) is 8.78. The second-order valence-corrected chi connectivity index (χ2v) is 6.50. The number of hydrogen-bond acceptors (Lipinski definition) is 8. The molecule has 0 aromatic carbocycles. The third-order valence-electron chi connectivity index (χ3n) is 4.68. The standard InChI is InChI=1S/C16H23N5O4/c1-11-14(20-25-19-11)8-15-17-16(12-2-4-22-5-3-12)18-21(15)9-13-10-23-6-7-24-13/h12-13H,2-10H2,1H3/t13-/m0/s1. The fourth-order valence-corrected chi connectivity index (χ4v) is 3.19. The molecule has 0 bridgehead atoms. The van der Waals surface area contributed by atoms with Gasteiger partial charge in [0.15, 0.2) is 5.82 Å². The van der Waals surface area contributed by atoms with Crippen molar-refractivity contribution in [3.05, 3.63) is 23.0 Å². The first kappa shape index (κ1) is 16.6. The zero-order valence-corrected chi connectivity index (χ0v) is 14.4. The SMILES string of the molecule is Cc1nonc1Cc1nc(C2CCOCC2)nn1C[C@H]1COCCO1. The molecule has 4 rings (SSSR count). The molecule has 2 aromatic rings. The Bertz CT molecular complexity index is 689. The Hall–Kier alpha value is -1.84. The summed E-state index contributed by atoms with van der Waals surface area (Å²) in [6.07, 6.45) is 2.45. The summed E-state index contributed by atoms with van der Waals surface area (Å²) in [6.45, 7) is 5.88. The number of rotatable bonds is 5. The molecule has 1 atom stereocenters. The molecule has 9 heteroatoms. The molecule has 0 spiro atoms. The molecule has 0 radical (unpaired) electrons. The molecule has 0 N–H and O–H groups in total. The zero-order valence-electron chi connectivity index (χ0n) is 14.4. The van der Waals surface area contributed by atoms with Crippen molar-refractivity contribution in [2.24, 2.45) is 0 Å². The number of ether oxygens (including phenoxy) is 3. The van der Waals surface area contributed by atoms with Gasteiger partial charge in [0.2, 0.25) is 0 Å². The van der Waals surface area contributed by atoms with Gasteiger partial charge >= 0.3 is 0 Å². The summed E-state index contributed by atoms with van der Waals surface area (Å²) in [7, 11) is 0. The number of aromatic nitrogens is 5. The van der Waals surface area contributed by atoms with Crippen LogP contribution in [0.3, 0.4) is 0 Å². The van der Waals surface area contributed by atoms with Crippen molar-refractivity contribution < 1.29 is 18.8 Å². The quantitative estimate of drug-likeness (QED) is 0.784. The average Bonchev–Trinajstić information content (AvgIpc) is 3.24. The van der Waals surface area contributed by atoms with Crippen molar-refractivity contribution in [2.75, 3.05) is 33.0 Å². The van der Waals surface area contributed by atoms with Crippen LogP contribution in [0.2, 0.25) is 0 Å². The summed E-state index contributed by atoms with van der Waals surface area (Å²) in [5.41, 5.74) is 1.56. The van der Waals surface area contributed by atoms with Gasteiger partial charge in [-0.05, 0) is 19.8 Å². The molecule has 136 valence electrons. The maximum absolute atomic E-state index is 5.77. The highest BCUT2D eigenvalue weighted by Crippen LogP contribution is 2.25. The normalized spacial score (nSPS) is 22.4. The van der Waals surface area contributed by atoms with E-state index in [2.05, 4.69) is 10.3 Å². The third-order valence-corrected chi connectivity index (χ3v) is 4.68. The van der Waals surface area contributed by atoms with E-state index in [-0.39, 0.29) is 6.10 Å². The van der Waals surface area contributed by atoms with Crippen molar-refractivity contribution in [2.45, 2.75) is 44.8 Å². The van der Waals surface area contributed by atoms with Crippen LogP contribution in [0.15, 0.2) is 4.63 Å². The number of aryl methyl sites for hydroxylation is 1. The fraction of sp³-hybridized carbons (Fsp3) is 0.750. The highest BCUT2D eigenvalue weighted by atomic mass is 16.6. The first-order valence-corrected chi connectivity index (χ1v) is 8.78. The van der Waals surface area contributed by atoms with Gasteiger partial charge < -0.3 is 14.2 Å². The highest BCUT2D eigenvalue weighted by Gasteiger charge is 2.25. The van der Waals surface area contributed by atoms with Gasteiger partial charge in [-0.3, -0.25) is 0 Å². The predicted octanol–water partition coefficient (Wildman–Crippen LogP) is 0.870. The van der Waals surface area contributed by atoms with Gasteiger partial charge in [-0.2, -0.15) is 5.10 Å². The van der Waals surface area contributed by atoms with Crippen molar-refractivity contribution in [1.82, 2.24) is 25.1 Å². The molecule has 9 nitrogen and oxygen atoms in total. The van der Waals surface area contributed by atoms with Gasteiger partial charge in [0.05, 0.1) is 32.8 Å². The van der Waals surface area contributed by atoms with E-state index < -0.39 is 0 Å². The lowest BCUT2D eigenvalue weighted by atomic mass is 10.00. The smallest absolute Gasteiger partial charge is 0.154 e. The molecule has 4 heterocycles. The number of hydrogen-bond donors (Lipinski definition) is 0. The van der Waals surface area contributed by atoms with E-state index in [1.807, 2.05) is 11.6 Å². The topological polar surface area (TPSA) is 97.3 Å². The molecule has 0 aliphatic carbocycles. The van der Waals surface area contributed by atoms with Crippen molar-refractivity contribution in [3.63, 3.8) is 0 Å².